The maximum Gasteiger partial charge on any atom is 0.349 e. The molecule has 3 amide bonds. The molecule has 7 nitrogen and oxygen atoms in total. The van der Waals surface area contributed by atoms with E-state index in [0.717, 1.165) is 29.1 Å². The molecule has 1 aromatic heterocycles. The number of amides is 3. The second-order valence-corrected chi connectivity index (χ2v) is 5.01. The van der Waals surface area contributed by atoms with Crippen molar-refractivity contribution in [1.29, 1.82) is 0 Å². The Hall–Kier alpha value is -2.09. The molecule has 1 heterocycles. The van der Waals surface area contributed by atoms with Gasteiger partial charge >= 0.3 is 12.0 Å². The SMILES string of the molecule is CCCc1cc(OCC(=O)NC(=O)NC)c(C(=O)O)s1. The van der Waals surface area contributed by atoms with Gasteiger partial charge in [0.2, 0.25) is 0 Å². The van der Waals surface area contributed by atoms with Crippen LogP contribution in [0.1, 0.15) is 27.9 Å². The largest absolute Gasteiger partial charge is 0.482 e. The third kappa shape index (κ3) is 4.54. The van der Waals surface area contributed by atoms with Crippen molar-refractivity contribution in [3.8, 4) is 5.75 Å². The molecular formula is C12H16N2O5S. The number of thiophene rings is 1. The fraction of sp³-hybridized carbons (Fsp3) is 0.417. The lowest BCUT2D eigenvalue weighted by molar-refractivity contribution is -0.122. The van der Waals surface area contributed by atoms with E-state index in [1.165, 1.54) is 7.05 Å². The number of aromatic carboxylic acids is 1. The van der Waals surface area contributed by atoms with Crippen molar-refractivity contribution in [2.45, 2.75) is 19.8 Å². The summed E-state index contributed by atoms with van der Waals surface area (Å²) < 4.78 is 5.17. The number of carboxylic acid groups (broad SMARTS) is 1. The summed E-state index contributed by atoms with van der Waals surface area (Å²) in [5.74, 6) is -1.60. The number of ether oxygens (including phenoxy) is 1. The van der Waals surface area contributed by atoms with Gasteiger partial charge in [0.05, 0.1) is 0 Å². The summed E-state index contributed by atoms with van der Waals surface area (Å²) in [7, 11) is 1.38. The molecule has 0 aromatic carbocycles. The third-order valence-corrected chi connectivity index (χ3v) is 3.44. The topological polar surface area (TPSA) is 105 Å². The van der Waals surface area contributed by atoms with Crippen LogP contribution in [0.5, 0.6) is 5.75 Å². The molecule has 110 valence electrons. The van der Waals surface area contributed by atoms with E-state index in [-0.39, 0.29) is 10.6 Å². The van der Waals surface area contributed by atoms with Crippen molar-refractivity contribution in [3.05, 3.63) is 15.8 Å². The van der Waals surface area contributed by atoms with Gasteiger partial charge in [0.25, 0.3) is 5.91 Å². The van der Waals surface area contributed by atoms with Gasteiger partial charge in [-0.15, -0.1) is 11.3 Å². The highest BCUT2D eigenvalue weighted by Crippen LogP contribution is 2.30. The zero-order valence-electron chi connectivity index (χ0n) is 11.2. The van der Waals surface area contributed by atoms with E-state index < -0.39 is 24.5 Å². The highest BCUT2D eigenvalue weighted by molar-refractivity contribution is 7.14. The van der Waals surface area contributed by atoms with Gasteiger partial charge < -0.3 is 15.2 Å². The summed E-state index contributed by atoms with van der Waals surface area (Å²) in [5.41, 5.74) is 0. The minimum Gasteiger partial charge on any atom is -0.482 e. The lowest BCUT2D eigenvalue weighted by Gasteiger charge is -2.05. The first kappa shape index (κ1) is 16.0. The first-order valence-electron chi connectivity index (χ1n) is 5.98. The number of hydrogen-bond donors (Lipinski definition) is 3. The second-order valence-electron chi connectivity index (χ2n) is 3.88. The number of aryl methyl sites for hydroxylation is 1. The Morgan fingerprint density at radius 2 is 2.10 bits per heavy atom. The Bertz CT molecular complexity index is 512. The molecule has 0 unspecified atom stereocenters. The molecule has 1 aromatic rings. The number of nitrogens with one attached hydrogen (secondary N) is 2. The number of carbonyl (C=O) groups is 3. The Morgan fingerprint density at radius 3 is 2.65 bits per heavy atom. The quantitative estimate of drug-likeness (QED) is 0.733. The number of rotatable bonds is 6. The van der Waals surface area contributed by atoms with Crippen molar-refractivity contribution in [2.75, 3.05) is 13.7 Å². The van der Waals surface area contributed by atoms with Crippen molar-refractivity contribution in [3.63, 3.8) is 0 Å². The summed E-state index contributed by atoms with van der Waals surface area (Å²) in [4.78, 5) is 34.3. The summed E-state index contributed by atoms with van der Waals surface area (Å²) in [6.45, 7) is 1.56. The van der Waals surface area contributed by atoms with Crippen molar-refractivity contribution < 1.29 is 24.2 Å². The van der Waals surface area contributed by atoms with Crippen molar-refractivity contribution in [1.82, 2.24) is 10.6 Å². The predicted molar refractivity (Wildman–Crippen MR) is 73.4 cm³/mol. The van der Waals surface area contributed by atoms with Crippen LogP contribution >= 0.6 is 11.3 Å². The van der Waals surface area contributed by atoms with Crippen LogP contribution in [0, 0.1) is 0 Å². The second kappa shape index (κ2) is 7.49. The fourth-order valence-corrected chi connectivity index (χ4v) is 2.46. The number of hydrogen-bond acceptors (Lipinski definition) is 5. The number of carboxylic acids is 1. The van der Waals surface area contributed by atoms with Gasteiger partial charge in [-0.2, -0.15) is 0 Å². The van der Waals surface area contributed by atoms with Crippen LogP contribution in [0.25, 0.3) is 0 Å². The lowest BCUT2D eigenvalue weighted by Crippen LogP contribution is -2.40. The lowest BCUT2D eigenvalue weighted by atomic mass is 10.3. The molecule has 0 spiro atoms. The number of urea groups is 1. The molecule has 20 heavy (non-hydrogen) atoms. The zero-order chi connectivity index (χ0) is 15.1. The molecule has 8 heteroatoms. The smallest absolute Gasteiger partial charge is 0.349 e. The molecule has 0 saturated carbocycles. The average Bonchev–Trinajstić information content (AvgIpc) is 2.80. The zero-order valence-corrected chi connectivity index (χ0v) is 12.0. The molecule has 0 aliphatic carbocycles. The Morgan fingerprint density at radius 1 is 1.40 bits per heavy atom. The molecule has 0 aliphatic rings. The number of carbonyl (C=O) groups excluding carboxylic acids is 2. The summed E-state index contributed by atoms with van der Waals surface area (Å²) >= 11 is 1.13. The number of imide groups is 1. The highest BCUT2D eigenvalue weighted by atomic mass is 32.1. The van der Waals surface area contributed by atoms with Gasteiger partial charge in [0, 0.05) is 11.9 Å². The maximum atomic E-state index is 11.4. The van der Waals surface area contributed by atoms with E-state index in [0.29, 0.717) is 0 Å². The Labute approximate surface area is 119 Å². The van der Waals surface area contributed by atoms with Crippen LogP contribution in [0.3, 0.4) is 0 Å². The van der Waals surface area contributed by atoms with E-state index in [9.17, 15) is 14.4 Å². The first-order chi connectivity index (χ1) is 9.47. The van der Waals surface area contributed by atoms with E-state index in [4.69, 9.17) is 9.84 Å². The summed E-state index contributed by atoms with van der Waals surface area (Å²) in [5, 5.41) is 13.3. The van der Waals surface area contributed by atoms with Gasteiger partial charge in [0.1, 0.15) is 5.75 Å². The highest BCUT2D eigenvalue weighted by Gasteiger charge is 2.17. The molecule has 0 bridgehead atoms. The molecule has 0 radical (unpaired) electrons. The minimum atomic E-state index is -1.10. The molecular weight excluding hydrogens is 284 g/mol. The van der Waals surface area contributed by atoms with Crippen molar-refractivity contribution >= 4 is 29.2 Å². The van der Waals surface area contributed by atoms with E-state index in [1.807, 2.05) is 12.2 Å². The summed E-state index contributed by atoms with van der Waals surface area (Å²) in [6, 6.07) is 0.971. The average molecular weight is 300 g/mol. The van der Waals surface area contributed by atoms with Crippen molar-refractivity contribution in [2.24, 2.45) is 0 Å². The van der Waals surface area contributed by atoms with E-state index >= 15 is 0 Å². The molecule has 1 rings (SSSR count). The molecule has 0 saturated heterocycles. The first-order valence-corrected chi connectivity index (χ1v) is 6.80. The summed E-state index contributed by atoms with van der Waals surface area (Å²) in [6.07, 6.45) is 1.63. The molecule has 3 N–H and O–H groups in total. The van der Waals surface area contributed by atoms with Gasteiger partial charge in [0.15, 0.2) is 11.5 Å². The third-order valence-electron chi connectivity index (χ3n) is 2.28. The Kier molecular flexibility index (Phi) is 5.98. The molecule has 0 fully saturated rings. The standard InChI is InChI=1S/C12H16N2O5S/c1-3-4-7-5-8(10(20-7)11(16)17)19-6-9(15)14-12(18)13-2/h5H,3-4,6H2,1-2H3,(H,16,17)(H2,13,14,15,18). The predicted octanol–water partition coefficient (Wildman–Crippen LogP) is 1.23. The van der Waals surface area contributed by atoms with Gasteiger partial charge in [-0.05, 0) is 12.5 Å². The van der Waals surface area contributed by atoms with Gasteiger partial charge in [-0.1, -0.05) is 13.3 Å². The maximum absolute atomic E-state index is 11.4. The normalized spacial score (nSPS) is 9.90. The molecule has 0 aliphatic heterocycles. The molecule has 0 atom stereocenters. The van der Waals surface area contributed by atoms with Crippen LogP contribution < -0.4 is 15.4 Å². The van der Waals surface area contributed by atoms with Crippen LogP contribution in [0.2, 0.25) is 0 Å². The Balaban J connectivity index is 2.68. The van der Waals surface area contributed by atoms with Crippen LogP contribution in [0.4, 0.5) is 4.79 Å². The minimum absolute atomic E-state index is 0.0567. The van der Waals surface area contributed by atoms with Gasteiger partial charge in [-0.25, -0.2) is 9.59 Å². The fourth-order valence-electron chi connectivity index (χ4n) is 1.42. The van der Waals surface area contributed by atoms with E-state index in [1.54, 1.807) is 6.07 Å². The van der Waals surface area contributed by atoms with Crippen LogP contribution in [0.15, 0.2) is 6.07 Å². The van der Waals surface area contributed by atoms with E-state index in [2.05, 4.69) is 5.32 Å². The van der Waals surface area contributed by atoms with Crippen LogP contribution in [-0.4, -0.2) is 36.7 Å². The monoisotopic (exact) mass is 300 g/mol. The van der Waals surface area contributed by atoms with Gasteiger partial charge in [-0.3, -0.25) is 10.1 Å². The van der Waals surface area contributed by atoms with Crippen LogP contribution in [-0.2, 0) is 11.2 Å².